The van der Waals surface area contributed by atoms with Gasteiger partial charge in [-0.15, -0.1) is 11.8 Å². The lowest BCUT2D eigenvalue weighted by atomic mass is 10.1. The van der Waals surface area contributed by atoms with E-state index in [1.165, 1.54) is 0 Å². The maximum atomic E-state index is 12.6. The van der Waals surface area contributed by atoms with Crippen molar-refractivity contribution in [3.05, 3.63) is 103 Å². The van der Waals surface area contributed by atoms with Crippen molar-refractivity contribution in [2.24, 2.45) is 0 Å². The van der Waals surface area contributed by atoms with Crippen LogP contribution in [0.15, 0.2) is 96.4 Å². The normalized spacial score (nSPS) is 10.6. The highest BCUT2D eigenvalue weighted by Crippen LogP contribution is 2.22. The van der Waals surface area contributed by atoms with Crippen LogP contribution in [0, 0.1) is 0 Å². The molecule has 0 atom stereocenters. The summed E-state index contributed by atoms with van der Waals surface area (Å²) in [6.45, 7) is 0. The summed E-state index contributed by atoms with van der Waals surface area (Å²) in [5.41, 5.74) is 3.42. The number of anilines is 1. The van der Waals surface area contributed by atoms with Crippen LogP contribution in [-0.4, -0.2) is 20.7 Å². The van der Waals surface area contributed by atoms with Crippen molar-refractivity contribution < 1.29 is 4.79 Å². The first-order valence-electron chi connectivity index (χ1n) is 8.82. The van der Waals surface area contributed by atoms with Gasteiger partial charge in [-0.1, -0.05) is 18.2 Å². The zero-order valence-corrected chi connectivity index (χ0v) is 15.8. The fourth-order valence-electron chi connectivity index (χ4n) is 2.72. The Hall–Kier alpha value is -3.38. The number of pyridine rings is 1. The second-order valence-corrected chi connectivity index (χ2v) is 7.10. The third kappa shape index (κ3) is 4.47. The van der Waals surface area contributed by atoms with Crippen molar-refractivity contribution in [2.75, 3.05) is 5.32 Å². The number of thioether (sulfide) groups is 1. The highest BCUT2D eigenvalue weighted by molar-refractivity contribution is 7.98. The number of hydrogen-bond acceptors (Lipinski definition) is 4. The monoisotopic (exact) mass is 386 g/mol. The Labute approximate surface area is 167 Å². The number of nitrogens with zero attached hydrogens (tertiary/aromatic N) is 3. The van der Waals surface area contributed by atoms with E-state index in [0.29, 0.717) is 5.56 Å². The molecule has 0 aliphatic heterocycles. The van der Waals surface area contributed by atoms with Crippen molar-refractivity contribution in [3.8, 4) is 5.69 Å². The van der Waals surface area contributed by atoms with Gasteiger partial charge in [-0.2, -0.15) is 5.10 Å². The molecular weight excluding hydrogens is 368 g/mol. The summed E-state index contributed by atoms with van der Waals surface area (Å²) in [6.07, 6.45) is 5.37. The molecule has 0 fully saturated rings. The molecule has 0 saturated heterocycles. The van der Waals surface area contributed by atoms with Gasteiger partial charge in [0.05, 0.1) is 10.7 Å². The molecular formula is C22H18N4OS. The largest absolute Gasteiger partial charge is 0.322 e. The molecule has 0 spiro atoms. The van der Waals surface area contributed by atoms with Gasteiger partial charge in [-0.3, -0.25) is 4.79 Å². The summed E-state index contributed by atoms with van der Waals surface area (Å²) in [4.78, 5) is 16.9. The van der Waals surface area contributed by atoms with Crippen molar-refractivity contribution in [3.63, 3.8) is 0 Å². The molecule has 1 amide bonds. The second-order valence-electron chi connectivity index (χ2n) is 6.11. The van der Waals surface area contributed by atoms with Crippen LogP contribution in [-0.2, 0) is 5.75 Å². The minimum Gasteiger partial charge on any atom is -0.322 e. The molecule has 1 N–H and O–H groups in total. The van der Waals surface area contributed by atoms with Crippen molar-refractivity contribution in [1.29, 1.82) is 0 Å². The van der Waals surface area contributed by atoms with Crippen LogP contribution in [0.5, 0.6) is 0 Å². The Bertz CT molecular complexity index is 1050. The number of aromatic nitrogens is 3. The lowest BCUT2D eigenvalue weighted by Crippen LogP contribution is -2.12. The average molecular weight is 386 g/mol. The van der Waals surface area contributed by atoms with E-state index in [1.54, 1.807) is 41.0 Å². The van der Waals surface area contributed by atoms with E-state index >= 15 is 0 Å². The number of carbonyl (C=O) groups is 1. The maximum Gasteiger partial charge on any atom is 0.255 e. The standard InChI is InChI=1S/C22H18N4OS/c27-22(18-8-10-20(11-9-18)26-14-4-13-24-26)25-19-6-3-5-17(15-19)16-28-21-7-1-2-12-23-21/h1-15H,16H2,(H,25,27). The second kappa shape index (κ2) is 8.54. The van der Waals surface area contributed by atoms with Gasteiger partial charge in [0, 0.05) is 35.6 Å². The summed E-state index contributed by atoms with van der Waals surface area (Å²) in [7, 11) is 0. The predicted octanol–water partition coefficient (Wildman–Crippen LogP) is 4.81. The van der Waals surface area contributed by atoms with Crippen molar-refractivity contribution in [1.82, 2.24) is 14.8 Å². The zero-order valence-electron chi connectivity index (χ0n) is 15.0. The summed E-state index contributed by atoms with van der Waals surface area (Å²) < 4.78 is 1.75. The van der Waals surface area contributed by atoms with Crippen LogP contribution in [0.3, 0.4) is 0 Å². The molecule has 138 valence electrons. The fourth-order valence-corrected chi connectivity index (χ4v) is 3.52. The topological polar surface area (TPSA) is 59.8 Å². The molecule has 0 aliphatic rings. The summed E-state index contributed by atoms with van der Waals surface area (Å²) >= 11 is 1.67. The van der Waals surface area contributed by atoms with Crippen LogP contribution in [0.4, 0.5) is 5.69 Å². The first-order chi connectivity index (χ1) is 13.8. The Balaban J connectivity index is 1.40. The summed E-state index contributed by atoms with van der Waals surface area (Å²) in [6, 6.07) is 23.0. The molecule has 28 heavy (non-hydrogen) atoms. The third-order valence-electron chi connectivity index (χ3n) is 4.11. The van der Waals surface area contributed by atoms with E-state index in [-0.39, 0.29) is 5.91 Å². The van der Waals surface area contributed by atoms with Gasteiger partial charge in [0.25, 0.3) is 5.91 Å². The van der Waals surface area contributed by atoms with Gasteiger partial charge in [0.15, 0.2) is 0 Å². The number of amides is 1. The number of benzene rings is 2. The molecule has 0 saturated carbocycles. The first-order valence-corrected chi connectivity index (χ1v) is 9.81. The minimum absolute atomic E-state index is 0.137. The van der Waals surface area contributed by atoms with Crippen molar-refractivity contribution in [2.45, 2.75) is 10.8 Å². The van der Waals surface area contributed by atoms with Gasteiger partial charge in [-0.05, 0) is 60.2 Å². The van der Waals surface area contributed by atoms with E-state index in [2.05, 4.69) is 15.4 Å². The van der Waals surface area contributed by atoms with Crippen LogP contribution in [0.2, 0.25) is 0 Å². The molecule has 0 bridgehead atoms. The zero-order chi connectivity index (χ0) is 19.2. The highest BCUT2D eigenvalue weighted by atomic mass is 32.2. The Morgan fingerprint density at radius 1 is 0.964 bits per heavy atom. The summed E-state index contributed by atoms with van der Waals surface area (Å²) in [5, 5.41) is 8.13. The van der Waals surface area contributed by atoms with E-state index in [0.717, 1.165) is 27.7 Å². The molecule has 4 aromatic rings. The van der Waals surface area contributed by atoms with Crippen LogP contribution >= 0.6 is 11.8 Å². The smallest absolute Gasteiger partial charge is 0.255 e. The van der Waals surface area contributed by atoms with Gasteiger partial charge in [-0.25, -0.2) is 9.67 Å². The first kappa shape index (κ1) is 18.0. The molecule has 0 unspecified atom stereocenters. The lowest BCUT2D eigenvalue weighted by Gasteiger charge is -2.08. The molecule has 2 aromatic heterocycles. The van der Waals surface area contributed by atoms with Crippen LogP contribution in [0.1, 0.15) is 15.9 Å². The molecule has 0 radical (unpaired) electrons. The van der Waals surface area contributed by atoms with E-state index in [9.17, 15) is 4.79 Å². The summed E-state index contributed by atoms with van der Waals surface area (Å²) in [5.74, 6) is 0.654. The molecule has 2 aromatic carbocycles. The van der Waals surface area contributed by atoms with Gasteiger partial charge >= 0.3 is 0 Å². The van der Waals surface area contributed by atoms with E-state index in [1.807, 2.05) is 66.9 Å². The number of carbonyl (C=O) groups excluding carboxylic acids is 1. The molecule has 4 rings (SSSR count). The lowest BCUT2D eigenvalue weighted by molar-refractivity contribution is 0.102. The fraction of sp³-hybridized carbons (Fsp3) is 0.0455. The van der Waals surface area contributed by atoms with Gasteiger partial charge in [0.2, 0.25) is 0 Å². The Morgan fingerprint density at radius 3 is 2.61 bits per heavy atom. The molecule has 5 nitrogen and oxygen atoms in total. The van der Waals surface area contributed by atoms with Crippen molar-refractivity contribution >= 4 is 23.4 Å². The molecule has 2 heterocycles. The third-order valence-corrected chi connectivity index (χ3v) is 5.12. The number of hydrogen-bond donors (Lipinski definition) is 1. The quantitative estimate of drug-likeness (QED) is 0.483. The van der Waals surface area contributed by atoms with Crippen LogP contribution < -0.4 is 5.32 Å². The average Bonchev–Trinajstić information content (AvgIpc) is 3.28. The van der Waals surface area contributed by atoms with E-state index < -0.39 is 0 Å². The minimum atomic E-state index is -0.137. The van der Waals surface area contributed by atoms with Crippen LogP contribution in [0.25, 0.3) is 5.69 Å². The van der Waals surface area contributed by atoms with E-state index in [4.69, 9.17) is 0 Å². The number of nitrogens with one attached hydrogen (secondary N) is 1. The van der Waals surface area contributed by atoms with Gasteiger partial charge < -0.3 is 5.32 Å². The Kier molecular flexibility index (Phi) is 5.49. The SMILES string of the molecule is O=C(Nc1cccc(CSc2ccccn2)c1)c1ccc(-n2cccn2)cc1. The number of rotatable bonds is 6. The highest BCUT2D eigenvalue weighted by Gasteiger charge is 2.07. The van der Waals surface area contributed by atoms with Gasteiger partial charge in [0.1, 0.15) is 0 Å². The molecule has 6 heteroatoms. The predicted molar refractivity (Wildman–Crippen MR) is 112 cm³/mol. The maximum absolute atomic E-state index is 12.6. The molecule has 0 aliphatic carbocycles. The Morgan fingerprint density at radius 2 is 1.86 bits per heavy atom.